The lowest BCUT2D eigenvalue weighted by molar-refractivity contribution is -0.121. The highest BCUT2D eigenvalue weighted by molar-refractivity contribution is 6.32. The van der Waals surface area contributed by atoms with Crippen molar-refractivity contribution in [1.82, 2.24) is 31.5 Å². The number of alkyl halides is 3. The number of hydrogen-bond acceptors (Lipinski definition) is 5. The number of carbonyl (C=O) groups excluding carboxylic acids is 3. The normalized spacial score (nSPS) is 19.6. The number of para-hydroxylation sites is 1. The van der Waals surface area contributed by atoms with Gasteiger partial charge >= 0.3 is 12.2 Å². The van der Waals surface area contributed by atoms with Crippen LogP contribution in [0.15, 0.2) is 95.5 Å². The molecule has 2 aliphatic carbocycles. The predicted octanol–water partition coefficient (Wildman–Crippen LogP) is 5.23. The maximum absolute atomic E-state index is 13.3. The van der Waals surface area contributed by atoms with Gasteiger partial charge in [0.1, 0.15) is 17.2 Å². The number of urea groups is 1. The van der Waals surface area contributed by atoms with Crippen molar-refractivity contribution >= 4 is 40.3 Å². The lowest BCUT2D eigenvalue weighted by Gasteiger charge is -2.32. The summed E-state index contributed by atoms with van der Waals surface area (Å²) < 4.78 is 45.6. The van der Waals surface area contributed by atoms with Gasteiger partial charge in [-0.05, 0) is 55.7 Å². The van der Waals surface area contributed by atoms with Crippen molar-refractivity contribution in [3.8, 4) is 5.75 Å². The molecule has 0 radical (unpaired) electrons. The Hall–Kier alpha value is -5.04. The molecule has 3 aromatic rings. The number of nitrogens with zero attached hydrogens (tertiary/aromatic N) is 1. The summed E-state index contributed by atoms with van der Waals surface area (Å²) in [5.74, 6) is -0.302. The molecule has 45 heavy (non-hydrogen) atoms. The third-order valence-corrected chi connectivity index (χ3v) is 7.41. The minimum Gasteiger partial charge on any atom is -0.458 e. The Morgan fingerprint density at radius 1 is 1.16 bits per heavy atom. The van der Waals surface area contributed by atoms with Crippen LogP contribution in [0.4, 0.5) is 18.0 Å². The minimum absolute atomic E-state index is 0.00608. The van der Waals surface area contributed by atoms with E-state index in [4.69, 9.17) is 16.3 Å². The molecule has 1 aromatic carbocycles. The Bertz CT molecular complexity index is 1760. The molecular formula is C31H28ClF3N6O4. The monoisotopic (exact) mass is 640 g/mol. The average molecular weight is 641 g/mol. The Kier molecular flexibility index (Phi) is 9.00. The van der Waals surface area contributed by atoms with Crippen LogP contribution in [0.1, 0.15) is 35.8 Å². The van der Waals surface area contributed by atoms with E-state index in [-0.39, 0.29) is 18.5 Å². The highest BCUT2D eigenvalue weighted by atomic mass is 35.5. The average Bonchev–Trinajstić information content (AvgIpc) is 3.40. The van der Waals surface area contributed by atoms with Crippen LogP contribution in [0, 0.1) is 0 Å². The largest absolute Gasteiger partial charge is 0.458 e. The summed E-state index contributed by atoms with van der Waals surface area (Å²) in [4.78, 5) is 44.7. The molecule has 2 unspecified atom stereocenters. The third kappa shape index (κ3) is 7.92. The Labute approximate surface area is 260 Å². The topological polar surface area (TPSA) is 137 Å². The first-order valence-electron chi connectivity index (χ1n) is 13.8. The molecule has 0 saturated carbocycles. The molecule has 14 heteroatoms. The summed E-state index contributed by atoms with van der Waals surface area (Å²) in [5, 5.41) is 5.80. The zero-order valence-electron chi connectivity index (χ0n) is 23.8. The first-order chi connectivity index (χ1) is 21.4. The fourth-order valence-corrected chi connectivity index (χ4v) is 5.07. The molecular weight excluding hydrogens is 613 g/mol. The number of hydrazine groups is 1. The molecule has 0 bridgehead atoms. The molecule has 2 heterocycles. The van der Waals surface area contributed by atoms with E-state index >= 15 is 0 Å². The summed E-state index contributed by atoms with van der Waals surface area (Å²) in [7, 11) is 0. The summed E-state index contributed by atoms with van der Waals surface area (Å²) in [5.41, 5.74) is 4.16. The number of benzene rings is 1. The molecule has 0 spiro atoms. The quantitative estimate of drug-likeness (QED) is 0.225. The van der Waals surface area contributed by atoms with Gasteiger partial charge in [-0.2, -0.15) is 13.2 Å². The molecule has 5 N–H and O–H groups in total. The van der Waals surface area contributed by atoms with E-state index in [1.54, 1.807) is 30.5 Å². The van der Waals surface area contributed by atoms with Crippen LogP contribution in [-0.2, 0) is 11.2 Å². The highest BCUT2D eigenvalue weighted by Gasteiger charge is 2.40. The van der Waals surface area contributed by atoms with E-state index in [1.807, 2.05) is 24.3 Å². The molecule has 0 fully saturated rings. The fourth-order valence-electron chi connectivity index (χ4n) is 4.83. The Morgan fingerprint density at radius 2 is 1.96 bits per heavy atom. The minimum atomic E-state index is -4.64. The van der Waals surface area contributed by atoms with Crippen molar-refractivity contribution in [3.63, 3.8) is 0 Å². The fraction of sp³-hybridized carbons (Fsp3) is 0.226. The second-order valence-corrected chi connectivity index (χ2v) is 11.1. The number of aromatic nitrogens is 2. The molecule has 0 saturated heterocycles. The van der Waals surface area contributed by atoms with Gasteiger partial charge in [-0.3, -0.25) is 25.4 Å². The highest BCUT2D eigenvalue weighted by Crippen LogP contribution is 2.38. The van der Waals surface area contributed by atoms with Crippen LogP contribution < -0.4 is 26.2 Å². The zero-order valence-corrected chi connectivity index (χ0v) is 24.6. The second kappa shape index (κ2) is 12.9. The molecule has 2 atom stereocenters. The number of carbonyl (C=O) groups is 3. The van der Waals surface area contributed by atoms with Crippen molar-refractivity contribution in [2.75, 3.05) is 0 Å². The molecule has 2 aliphatic rings. The van der Waals surface area contributed by atoms with Gasteiger partial charge in [-0.25, -0.2) is 4.79 Å². The number of allylic oxidation sites excluding steroid dienone is 3. The molecule has 234 valence electrons. The van der Waals surface area contributed by atoms with Crippen molar-refractivity contribution in [1.29, 1.82) is 0 Å². The van der Waals surface area contributed by atoms with E-state index in [1.165, 1.54) is 25.3 Å². The molecule has 0 aliphatic heterocycles. The number of fused-ring (bicyclic) bond motifs is 1. The second-order valence-electron chi connectivity index (χ2n) is 10.7. The Balaban J connectivity index is 1.09. The smallest absolute Gasteiger partial charge is 0.417 e. The molecule has 5 rings (SSSR count). The predicted molar refractivity (Wildman–Crippen MR) is 161 cm³/mol. The number of amides is 4. The summed E-state index contributed by atoms with van der Waals surface area (Å²) in [6.45, 7) is 1.48. The van der Waals surface area contributed by atoms with Crippen molar-refractivity contribution < 1.29 is 32.3 Å². The van der Waals surface area contributed by atoms with Gasteiger partial charge in [0.05, 0.1) is 23.6 Å². The van der Waals surface area contributed by atoms with Crippen LogP contribution in [-0.4, -0.2) is 45.6 Å². The lowest BCUT2D eigenvalue weighted by atomic mass is 9.89. The number of hydrogen-bond donors (Lipinski definition) is 5. The zero-order chi connectivity index (χ0) is 32.2. The number of ether oxygens (including phenoxy) is 1. The summed E-state index contributed by atoms with van der Waals surface area (Å²) in [6, 6.07) is 9.43. The van der Waals surface area contributed by atoms with Gasteiger partial charge in [0.2, 0.25) is 5.91 Å². The third-order valence-electron chi connectivity index (χ3n) is 7.05. The van der Waals surface area contributed by atoms with Crippen molar-refractivity contribution in [2.24, 2.45) is 0 Å². The lowest BCUT2D eigenvalue weighted by Crippen LogP contribution is -2.52. The van der Waals surface area contributed by atoms with Crippen LogP contribution in [0.2, 0.25) is 0 Å². The maximum atomic E-state index is 13.3. The van der Waals surface area contributed by atoms with Crippen LogP contribution in [0.5, 0.6) is 5.75 Å². The van der Waals surface area contributed by atoms with E-state index in [2.05, 4.69) is 31.5 Å². The van der Waals surface area contributed by atoms with Crippen LogP contribution >= 0.6 is 11.6 Å². The summed E-state index contributed by atoms with van der Waals surface area (Å²) in [6.07, 6.45) is 6.12. The van der Waals surface area contributed by atoms with Crippen LogP contribution in [0.3, 0.4) is 0 Å². The number of H-pyrrole nitrogens is 1. The first kappa shape index (κ1) is 31.4. The summed E-state index contributed by atoms with van der Waals surface area (Å²) >= 11 is 5.72. The van der Waals surface area contributed by atoms with Gasteiger partial charge < -0.3 is 20.4 Å². The number of pyridine rings is 1. The van der Waals surface area contributed by atoms with Gasteiger partial charge in [-0.15, -0.1) is 0 Å². The van der Waals surface area contributed by atoms with Crippen molar-refractivity contribution in [2.45, 2.75) is 43.9 Å². The SMILES string of the molecule is CC1(NC(=O)NC2C=CC(Oc3ccnc(C(=O)NNC(=O)Cc4c[nH]c5ccccc45)c3)=CC2)C=C(C(F)(F)F)C(Cl)=CC1. The van der Waals surface area contributed by atoms with Gasteiger partial charge in [0.15, 0.2) is 0 Å². The van der Waals surface area contributed by atoms with Gasteiger partial charge in [0.25, 0.3) is 5.91 Å². The Morgan fingerprint density at radius 3 is 2.71 bits per heavy atom. The van der Waals surface area contributed by atoms with E-state index < -0.39 is 46.2 Å². The van der Waals surface area contributed by atoms with Crippen LogP contribution in [0.25, 0.3) is 10.9 Å². The van der Waals surface area contributed by atoms with E-state index in [0.717, 1.165) is 22.5 Å². The van der Waals surface area contributed by atoms with E-state index in [9.17, 15) is 27.6 Å². The standard InChI is InChI=1S/C31H28ClF3N6O4/c1-30(12-10-24(32)23(16-30)31(33,34)35)39-29(44)38-19-6-8-20(9-7-19)45-21-11-13-36-26(15-21)28(43)41-40-27(42)14-18-17-37-25-5-3-2-4-22(18)25/h2-6,8-11,13,15-17,19,37H,7,12,14H2,1H3,(H,40,42)(H,41,43)(H2,38,39,44). The van der Waals surface area contributed by atoms with Gasteiger partial charge in [0, 0.05) is 34.4 Å². The molecule has 2 aromatic heterocycles. The first-order valence-corrected chi connectivity index (χ1v) is 14.2. The van der Waals surface area contributed by atoms with Crippen molar-refractivity contribution in [3.05, 3.63) is 107 Å². The molecule has 4 amide bonds. The van der Waals surface area contributed by atoms with Gasteiger partial charge in [-0.1, -0.05) is 42.0 Å². The maximum Gasteiger partial charge on any atom is 0.417 e. The number of halogens is 4. The van der Waals surface area contributed by atoms with E-state index in [0.29, 0.717) is 17.9 Å². The number of rotatable bonds is 7. The number of aromatic amines is 1. The number of nitrogens with one attached hydrogen (secondary N) is 5. The molecule has 10 nitrogen and oxygen atoms in total.